The first kappa shape index (κ1) is 18.4. The molecule has 2 aliphatic heterocycles. The lowest BCUT2D eigenvalue weighted by Gasteiger charge is -2.36. The van der Waals surface area contributed by atoms with Gasteiger partial charge in [-0.2, -0.15) is 0 Å². The van der Waals surface area contributed by atoms with E-state index in [1.165, 1.54) is 11.1 Å². The van der Waals surface area contributed by atoms with Gasteiger partial charge in [-0.1, -0.05) is 29.8 Å². The number of fused-ring (bicyclic) bond motifs is 1. The SMILES string of the molecule is Cc1ccc(CN2CC[C@@H]3OC(COCC(=O)N(C)C)CC[C@@H]32)cc1. The molecule has 2 fully saturated rings. The molecule has 3 rings (SSSR count). The van der Waals surface area contributed by atoms with Crippen LogP contribution < -0.4 is 0 Å². The molecule has 3 atom stereocenters. The minimum absolute atomic E-state index is 0.00109. The lowest BCUT2D eigenvalue weighted by Crippen LogP contribution is -2.43. The Labute approximate surface area is 150 Å². The molecule has 0 radical (unpaired) electrons. The highest BCUT2D eigenvalue weighted by atomic mass is 16.5. The van der Waals surface area contributed by atoms with Gasteiger partial charge in [-0.15, -0.1) is 0 Å². The molecular weight excluding hydrogens is 316 g/mol. The van der Waals surface area contributed by atoms with Gasteiger partial charge in [0, 0.05) is 33.2 Å². The van der Waals surface area contributed by atoms with Gasteiger partial charge >= 0.3 is 0 Å². The summed E-state index contributed by atoms with van der Waals surface area (Å²) in [5.74, 6) is -0.00109. The Kier molecular flexibility index (Phi) is 6.10. The quantitative estimate of drug-likeness (QED) is 0.792. The molecule has 2 aliphatic rings. The summed E-state index contributed by atoms with van der Waals surface area (Å²) in [6.07, 6.45) is 3.66. The highest BCUT2D eigenvalue weighted by molar-refractivity contribution is 5.76. The summed E-state index contributed by atoms with van der Waals surface area (Å²) in [7, 11) is 3.49. The maximum absolute atomic E-state index is 11.6. The van der Waals surface area contributed by atoms with E-state index in [0.717, 1.165) is 32.4 Å². The van der Waals surface area contributed by atoms with Crippen molar-refractivity contribution < 1.29 is 14.3 Å². The number of likely N-dealkylation sites (N-methyl/N-ethyl adjacent to an activating group) is 1. The second-order valence-electron chi connectivity index (χ2n) is 7.49. The van der Waals surface area contributed by atoms with Crippen LogP contribution >= 0.6 is 0 Å². The number of hydrogen-bond donors (Lipinski definition) is 0. The molecule has 1 aromatic carbocycles. The van der Waals surface area contributed by atoms with Gasteiger partial charge in [0.2, 0.25) is 5.91 Å². The Morgan fingerprint density at radius 3 is 2.72 bits per heavy atom. The molecule has 1 unspecified atom stereocenters. The summed E-state index contributed by atoms with van der Waals surface area (Å²) in [5, 5.41) is 0. The lowest BCUT2D eigenvalue weighted by atomic mass is 9.99. The van der Waals surface area contributed by atoms with Crippen molar-refractivity contribution in [3.63, 3.8) is 0 Å². The monoisotopic (exact) mass is 346 g/mol. The fourth-order valence-corrected chi connectivity index (χ4v) is 3.74. The van der Waals surface area contributed by atoms with Crippen LogP contribution in [0.1, 0.15) is 30.4 Å². The van der Waals surface area contributed by atoms with Crippen molar-refractivity contribution in [3.8, 4) is 0 Å². The van der Waals surface area contributed by atoms with Gasteiger partial charge in [0.25, 0.3) is 0 Å². The van der Waals surface area contributed by atoms with Crippen molar-refractivity contribution in [1.29, 1.82) is 0 Å². The second kappa shape index (κ2) is 8.30. The molecule has 2 saturated heterocycles. The fourth-order valence-electron chi connectivity index (χ4n) is 3.74. The molecule has 138 valence electrons. The van der Waals surface area contributed by atoms with Crippen molar-refractivity contribution in [3.05, 3.63) is 35.4 Å². The van der Waals surface area contributed by atoms with E-state index in [0.29, 0.717) is 18.8 Å². The van der Waals surface area contributed by atoms with Gasteiger partial charge in [0.15, 0.2) is 0 Å². The number of nitrogens with zero attached hydrogens (tertiary/aromatic N) is 2. The number of rotatable bonds is 6. The number of benzene rings is 1. The van der Waals surface area contributed by atoms with Gasteiger partial charge in [0.05, 0.1) is 18.8 Å². The maximum Gasteiger partial charge on any atom is 0.248 e. The van der Waals surface area contributed by atoms with Crippen molar-refractivity contribution in [2.45, 2.75) is 51.0 Å². The summed E-state index contributed by atoms with van der Waals surface area (Å²) in [5.41, 5.74) is 2.68. The fraction of sp³-hybridized carbons (Fsp3) is 0.650. The van der Waals surface area contributed by atoms with Crippen molar-refractivity contribution >= 4 is 5.91 Å². The van der Waals surface area contributed by atoms with Crippen molar-refractivity contribution in [1.82, 2.24) is 9.80 Å². The van der Waals surface area contributed by atoms with E-state index < -0.39 is 0 Å². The lowest BCUT2D eigenvalue weighted by molar-refractivity contribution is -0.138. The molecule has 2 heterocycles. The van der Waals surface area contributed by atoms with Gasteiger partial charge in [-0.05, 0) is 31.7 Å². The zero-order valence-electron chi connectivity index (χ0n) is 15.6. The minimum Gasteiger partial charge on any atom is -0.371 e. The molecule has 0 spiro atoms. The van der Waals surface area contributed by atoms with Crippen LogP contribution in [0.5, 0.6) is 0 Å². The maximum atomic E-state index is 11.6. The Balaban J connectivity index is 1.45. The number of carbonyl (C=O) groups is 1. The molecule has 0 bridgehead atoms. The zero-order chi connectivity index (χ0) is 17.8. The van der Waals surface area contributed by atoms with Crippen LogP contribution in [0.25, 0.3) is 0 Å². The zero-order valence-corrected chi connectivity index (χ0v) is 15.6. The smallest absolute Gasteiger partial charge is 0.248 e. The third-order valence-corrected chi connectivity index (χ3v) is 5.29. The molecule has 1 aromatic rings. The Morgan fingerprint density at radius 2 is 2.00 bits per heavy atom. The summed E-state index contributed by atoms with van der Waals surface area (Å²) >= 11 is 0. The average Bonchev–Trinajstić information content (AvgIpc) is 2.99. The molecule has 5 nitrogen and oxygen atoms in total. The van der Waals surface area contributed by atoms with Gasteiger partial charge in [-0.3, -0.25) is 9.69 Å². The van der Waals surface area contributed by atoms with Gasteiger partial charge < -0.3 is 14.4 Å². The van der Waals surface area contributed by atoms with Crippen LogP contribution in [0.15, 0.2) is 24.3 Å². The standard InChI is InChI=1S/C20H30N2O3/c1-15-4-6-16(7-5-15)12-22-11-10-19-18(22)9-8-17(25-19)13-24-14-20(23)21(2)3/h4-7,17-19H,8-14H2,1-3H3/t17?,18-,19-/m0/s1. The number of likely N-dealkylation sites (tertiary alicyclic amines) is 1. The van der Waals surface area contributed by atoms with Crippen LogP contribution in [0.3, 0.4) is 0 Å². The normalized spacial score (nSPS) is 26.4. The van der Waals surface area contributed by atoms with Crippen LogP contribution in [0.2, 0.25) is 0 Å². The van der Waals surface area contributed by atoms with Crippen LogP contribution in [-0.2, 0) is 20.8 Å². The second-order valence-corrected chi connectivity index (χ2v) is 7.49. The molecule has 0 aromatic heterocycles. The first-order valence-corrected chi connectivity index (χ1v) is 9.26. The molecule has 5 heteroatoms. The summed E-state index contributed by atoms with van der Waals surface area (Å²) in [6.45, 7) is 4.87. The number of hydrogen-bond acceptors (Lipinski definition) is 4. The summed E-state index contributed by atoms with van der Waals surface area (Å²) in [6, 6.07) is 9.34. The third-order valence-electron chi connectivity index (χ3n) is 5.29. The molecular formula is C20H30N2O3. The highest BCUT2D eigenvalue weighted by Gasteiger charge is 2.39. The molecule has 0 N–H and O–H groups in total. The summed E-state index contributed by atoms with van der Waals surface area (Å²) in [4.78, 5) is 15.7. The van der Waals surface area contributed by atoms with Crippen LogP contribution in [0.4, 0.5) is 0 Å². The van der Waals surface area contributed by atoms with E-state index in [4.69, 9.17) is 9.47 Å². The minimum atomic E-state index is -0.00109. The Bertz CT molecular complexity index is 573. The Hall–Kier alpha value is -1.43. The summed E-state index contributed by atoms with van der Waals surface area (Å²) < 4.78 is 11.8. The molecule has 1 amide bonds. The van der Waals surface area contributed by atoms with E-state index in [2.05, 4.69) is 36.1 Å². The topological polar surface area (TPSA) is 42.0 Å². The molecule has 0 aliphatic carbocycles. The van der Waals surface area contributed by atoms with Crippen molar-refractivity contribution in [2.75, 3.05) is 33.9 Å². The molecule has 25 heavy (non-hydrogen) atoms. The first-order valence-electron chi connectivity index (χ1n) is 9.26. The predicted molar refractivity (Wildman–Crippen MR) is 97.4 cm³/mol. The van der Waals surface area contributed by atoms with Crippen molar-refractivity contribution in [2.24, 2.45) is 0 Å². The van der Waals surface area contributed by atoms with Crippen LogP contribution in [-0.4, -0.2) is 67.8 Å². The van der Waals surface area contributed by atoms with E-state index in [-0.39, 0.29) is 18.6 Å². The van der Waals surface area contributed by atoms with E-state index >= 15 is 0 Å². The van der Waals surface area contributed by atoms with E-state index in [9.17, 15) is 4.79 Å². The predicted octanol–water partition coefficient (Wildman–Crippen LogP) is 2.22. The number of ether oxygens (including phenoxy) is 2. The largest absolute Gasteiger partial charge is 0.371 e. The van der Waals surface area contributed by atoms with E-state index in [1.54, 1.807) is 19.0 Å². The molecule has 0 saturated carbocycles. The van der Waals surface area contributed by atoms with Gasteiger partial charge in [0.1, 0.15) is 6.61 Å². The highest BCUT2D eigenvalue weighted by Crippen LogP contribution is 2.32. The van der Waals surface area contributed by atoms with Crippen LogP contribution in [0, 0.1) is 6.92 Å². The number of amides is 1. The third kappa shape index (κ3) is 4.81. The number of aryl methyl sites for hydroxylation is 1. The van der Waals surface area contributed by atoms with Gasteiger partial charge in [-0.25, -0.2) is 0 Å². The average molecular weight is 346 g/mol. The Morgan fingerprint density at radius 1 is 1.24 bits per heavy atom. The number of carbonyl (C=O) groups excluding carboxylic acids is 1. The van der Waals surface area contributed by atoms with E-state index in [1.807, 2.05) is 0 Å². The first-order chi connectivity index (χ1) is 12.0.